The van der Waals surface area contributed by atoms with Gasteiger partial charge in [0.1, 0.15) is 11.4 Å². The lowest BCUT2D eigenvalue weighted by Gasteiger charge is -2.05. The lowest BCUT2D eigenvalue weighted by atomic mass is 10.1. The van der Waals surface area contributed by atoms with Crippen molar-refractivity contribution in [3.8, 4) is 11.3 Å². The third-order valence-corrected chi connectivity index (χ3v) is 3.92. The van der Waals surface area contributed by atoms with Crippen LogP contribution < -0.4 is 11.1 Å². The van der Waals surface area contributed by atoms with Crippen LogP contribution >= 0.6 is 0 Å². The molecule has 0 unspecified atom stereocenters. The summed E-state index contributed by atoms with van der Waals surface area (Å²) in [5.41, 5.74) is 7.32. The number of anilines is 2. The van der Waals surface area contributed by atoms with E-state index >= 15 is 0 Å². The number of nitrogens with two attached hydrogens (primary N) is 1. The van der Waals surface area contributed by atoms with Gasteiger partial charge >= 0.3 is 5.97 Å². The number of nitrogens with one attached hydrogen (secondary N) is 1. The van der Waals surface area contributed by atoms with Gasteiger partial charge in [-0.15, -0.1) is 0 Å². The second-order valence-corrected chi connectivity index (χ2v) is 6.10. The molecule has 3 aromatic rings. The molecule has 3 N–H and O–H groups in total. The summed E-state index contributed by atoms with van der Waals surface area (Å²) in [5.74, 6) is -1.47. The van der Waals surface area contributed by atoms with E-state index in [1.807, 2.05) is 31.2 Å². The second-order valence-electron chi connectivity index (χ2n) is 6.10. The molecule has 0 aliphatic rings. The number of aromatic nitrogens is 1. The number of hydrogen-bond acceptors (Lipinski definition) is 8. The maximum atomic E-state index is 12.0. The van der Waals surface area contributed by atoms with Crippen molar-refractivity contribution in [3.63, 3.8) is 0 Å². The van der Waals surface area contributed by atoms with Crippen LogP contribution in [-0.2, 0) is 9.53 Å². The molecule has 0 bridgehead atoms. The normalized spacial score (nSPS) is 10.4. The number of nitrogens with zero attached hydrogens (tertiary/aromatic N) is 2. The molecule has 0 saturated carbocycles. The van der Waals surface area contributed by atoms with Crippen LogP contribution in [0.3, 0.4) is 0 Å². The number of esters is 1. The zero-order valence-corrected chi connectivity index (χ0v) is 15.2. The van der Waals surface area contributed by atoms with Crippen molar-refractivity contribution < 1.29 is 23.8 Å². The van der Waals surface area contributed by atoms with E-state index in [0.29, 0.717) is 5.69 Å². The molecule has 0 radical (unpaired) electrons. The van der Waals surface area contributed by atoms with Crippen molar-refractivity contribution in [2.45, 2.75) is 6.92 Å². The third-order valence-electron chi connectivity index (χ3n) is 3.92. The number of amides is 1. The molecular weight excluding hydrogens is 380 g/mol. The van der Waals surface area contributed by atoms with Gasteiger partial charge in [-0.25, -0.2) is 4.79 Å². The number of nitro benzene ring substituents is 1. The molecule has 0 fully saturated rings. The summed E-state index contributed by atoms with van der Waals surface area (Å²) in [6, 6.07) is 12.6. The molecule has 148 valence electrons. The maximum absolute atomic E-state index is 12.0. The SMILES string of the molecule is Cc1ccc(-c2cc(NC(=O)COC(=O)c3ccc(N)c([N+](=O)[O-])c3)on2)cc1. The Hall–Kier alpha value is -4.21. The van der Waals surface area contributed by atoms with Gasteiger partial charge in [-0.1, -0.05) is 35.0 Å². The van der Waals surface area contributed by atoms with E-state index in [0.717, 1.165) is 17.2 Å². The summed E-state index contributed by atoms with van der Waals surface area (Å²) < 4.78 is 9.92. The molecule has 1 aromatic heterocycles. The van der Waals surface area contributed by atoms with Gasteiger partial charge in [0.05, 0.1) is 10.5 Å². The van der Waals surface area contributed by atoms with Crippen molar-refractivity contribution in [1.29, 1.82) is 0 Å². The number of rotatable bonds is 6. The number of carbonyl (C=O) groups is 2. The number of nitro groups is 1. The van der Waals surface area contributed by atoms with Gasteiger partial charge in [0.2, 0.25) is 5.88 Å². The Bertz CT molecular complexity index is 1070. The zero-order valence-electron chi connectivity index (χ0n) is 15.2. The molecular formula is C19H16N4O6. The average molecular weight is 396 g/mol. The first-order chi connectivity index (χ1) is 13.8. The molecule has 0 spiro atoms. The van der Waals surface area contributed by atoms with Gasteiger partial charge in [-0.3, -0.25) is 20.2 Å². The summed E-state index contributed by atoms with van der Waals surface area (Å²) in [5, 5.41) is 17.2. The van der Waals surface area contributed by atoms with Gasteiger partial charge in [0.25, 0.3) is 11.6 Å². The lowest BCUT2D eigenvalue weighted by Crippen LogP contribution is -2.20. The minimum atomic E-state index is -0.902. The van der Waals surface area contributed by atoms with E-state index in [-0.39, 0.29) is 17.1 Å². The number of ether oxygens (including phenoxy) is 1. The molecule has 1 amide bonds. The van der Waals surface area contributed by atoms with Crippen molar-refractivity contribution in [2.24, 2.45) is 0 Å². The summed E-state index contributed by atoms with van der Waals surface area (Å²) in [4.78, 5) is 34.1. The van der Waals surface area contributed by atoms with Crippen molar-refractivity contribution in [2.75, 3.05) is 17.7 Å². The Labute approximate surface area is 164 Å². The second kappa shape index (κ2) is 8.21. The summed E-state index contributed by atoms with van der Waals surface area (Å²) in [6.45, 7) is 1.35. The van der Waals surface area contributed by atoms with E-state index in [1.165, 1.54) is 18.2 Å². The maximum Gasteiger partial charge on any atom is 0.338 e. The van der Waals surface area contributed by atoms with E-state index in [9.17, 15) is 19.7 Å². The standard InChI is InChI=1S/C19H16N4O6/c1-11-2-4-12(5-3-11)15-9-18(29-22-15)21-17(24)10-28-19(25)13-6-7-14(20)16(8-13)23(26)27/h2-9H,10,20H2,1H3,(H,21,24). The zero-order chi connectivity index (χ0) is 21.0. The molecule has 10 nitrogen and oxygen atoms in total. The van der Waals surface area contributed by atoms with Crippen LogP contribution in [0.5, 0.6) is 0 Å². The lowest BCUT2D eigenvalue weighted by molar-refractivity contribution is -0.383. The molecule has 2 aromatic carbocycles. The fourth-order valence-corrected chi connectivity index (χ4v) is 2.41. The minimum Gasteiger partial charge on any atom is -0.452 e. The van der Waals surface area contributed by atoms with E-state index in [2.05, 4.69) is 10.5 Å². The van der Waals surface area contributed by atoms with Crippen LogP contribution in [0.2, 0.25) is 0 Å². The van der Waals surface area contributed by atoms with Gasteiger partial charge < -0.3 is 15.0 Å². The van der Waals surface area contributed by atoms with Crippen LogP contribution in [0, 0.1) is 17.0 Å². The minimum absolute atomic E-state index is 0.0843. The Kier molecular flexibility index (Phi) is 5.54. The van der Waals surface area contributed by atoms with Crippen molar-refractivity contribution in [3.05, 3.63) is 69.8 Å². The number of nitrogen functional groups attached to an aromatic ring is 1. The quantitative estimate of drug-likeness (QED) is 0.279. The molecule has 1 heterocycles. The van der Waals surface area contributed by atoms with Crippen molar-refractivity contribution >= 4 is 29.1 Å². The van der Waals surface area contributed by atoms with Gasteiger partial charge in [-0.05, 0) is 19.1 Å². The fourth-order valence-electron chi connectivity index (χ4n) is 2.41. The Morgan fingerprint density at radius 3 is 2.62 bits per heavy atom. The fraction of sp³-hybridized carbons (Fsp3) is 0.105. The predicted molar refractivity (Wildman–Crippen MR) is 103 cm³/mol. The molecule has 0 aliphatic heterocycles. The highest BCUT2D eigenvalue weighted by molar-refractivity contribution is 5.95. The van der Waals surface area contributed by atoms with Crippen LogP contribution in [-0.4, -0.2) is 28.6 Å². The first-order valence-electron chi connectivity index (χ1n) is 8.38. The van der Waals surface area contributed by atoms with Crippen LogP contribution in [0.25, 0.3) is 11.3 Å². The first-order valence-corrected chi connectivity index (χ1v) is 8.38. The smallest absolute Gasteiger partial charge is 0.338 e. The molecule has 0 aliphatic carbocycles. The molecule has 0 saturated heterocycles. The molecule has 10 heteroatoms. The predicted octanol–water partition coefficient (Wildman–Crippen LogP) is 2.94. The molecule has 0 atom stereocenters. The number of hydrogen-bond donors (Lipinski definition) is 2. The number of carbonyl (C=O) groups excluding carboxylic acids is 2. The highest BCUT2D eigenvalue weighted by Crippen LogP contribution is 2.23. The largest absolute Gasteiger partial charge is 0.452 e. The van der Waals surface area contributed by atoms with E-state index < -0.39 is 29.1 Å². The molecule has 29 heavy (non-hydrogen) atoms. The number of aryl methyl sites for hydroxylation is 1. The average Bonchev–Trinajstić information content (AvgIpc) is 3.15. The van der Waals surface area contributed by atoms with Gasteiger partial charge in [0.15, 0.2) is 6.61 Å². The highest BCUT2D eigenvalue weighted by Gasteiger charge is 2.18. The summed E-state index contributed by atoms with van der Waals surface area (Å²) in [6.07, 6.45) is 0. The van der Waals surface area contributed by atoms with Gasteiger partial charge in [-0.2, -0.15) is 0 Å². The number of benzene rings is 2. The van der Waals surface area contributed by atoms with Crippen LogP contribution in [0.15, 0.2) is 53.1 Å². The van der Waals surface area contributed by atoms with E-state index in [4.69, 9.17) is 15.0 Å². The van der Waals surface area contributed by atoms with Crippen LogP contribution in [0.4, 0.5) is 17.3 Å². The molecule has 3 rings (SSSR count). The Morgan fingerprint density at radius 1 is 1.21 bits per heavy atom. The summed E-state index contributed by atoms with van der Waals surface area (Å²) >= 11 is 0. The monoisotopic (exact) mass is 396 g/mol. The third kappa shape index (κ3) is 4.75. The van der Waals surface area contributed by atoms with Crippen molar-refractivity contribution in [1.82, 2.24) is 5.16 Å². The first kappa shape index (κ1) is 19.5. The van der Waals surface area contributed by atoms with Gasteiger partial charge in [0, 0.05) is 17.7 Å². The highest BCUT2D eigenvalue weighted by atomic mass is 16.6. The van der Waals surface area contributed by atoms with E-state index in [1.54, 1.807) is 0 Å². The Balaban J connectivity index is 1.58. The topological polar surface area (TPSA) is 151 Å². The van der Waals surface area contributed by atoms with Crippen LogP contribution in [0.1, 0.15) is 15.9 Å². The summed E-state index contributed by atoms with van der Waals surface area (Å²) in [7, 11) is 0. The Morgan fingerprint density at radius 2 is 1.93 bits per heavy atom.